The summed E-state index contributed by atoms with van der Waals surface area (Å²) in [4.78, 5) is 0. The molecule has 1 atom stereocenters. The van der Waals surface area contributed by atoms with E-state index in [1.165, 1.54) is 25.7 Å². The van der Waals surface area contributed by atoms with Gasteiger partial charge >= 0.3 is 0 Å². The van der Waals surface area contributed by atoms with Gasteiger partial charge in [0.1, 0.15) is 11.5 Å². The van der Waals surface area contributed by atoms with Crippen molar-refractivity contribution in [2.45, 2.75) is 39.5 Å². The summed E-state index contributed by atoms with van der Waals surface area (Å²) in [6.07, 6.45) is 5.00. The first-order valence-electron chi connectivity index (χ1n) is 7.04. The van der Waals surface area contributed by atoms with E-state index in [-0.39, 0.29) is 0 Å². The van der Waals surface area contributed by atoms with Crippen molar-refractivity contribution in [2.24, 2.45) is 5.92 Å². The van der Waals surface area contributed by atoms with E-state index in [1.54, 1.807) is 14.2 Å². The molecule has 0 fully saturated rings. The number of hydrogen-bond acceptors (Lipinski definition) is 2. The number of allylic oxidation sites excluding steroid dienone is 1. The number of benzene rings is 1. The van der Waals surface area contributed by atoms with Crippen LogP contribution in [0, 0.1) is 5.92 Å². The molecule has 0 unspecified atom stereocenters. The molecule has 1 aromatic rings. The van der Waals surface area contributed by atoms with Gasteiger partial charge in [0.25, 0.3) is 0 Å². The molecule has 0 bridgehead atoms. The van der Waals surface area contributed by atoms with E-state index in [0.29, 0.717) is 5.92 Å². The standard InChI is InChI=1S/C17H26O2/c1-6-7-8-9-13(2)14(3)15-10-16(18-4)12-17(11-15)19-5/h10-13H,3,6-9H2,1-2,4-5H3/t13-/m1/s1. The van der Waals surface area contributed by atoms with Gasteiger partial charge in [0.05, 0.1) is 14.2 Å². The van der Waals surface area contributed by atoms with E-state index in [1.807, 2.05) is 18.2 Å². The van der Waals surface area contributed by atoms with Gasteiger partial charge in [-0.05, 0) is 35.6 Å². The fourth-order valence-electron chi connectivity index (χ4n) is 2.15. The van der Waals surface area contributed by atoms with Gasteiger partial charge in [-0.25, -0.2) is 0 Å². The van der Waals surface area contributed by atoms with Crippen LogP contribution in [0.3, 0.4) is 0 Å². The summed E-state index contributed by atoms with van der Waals surface area (Å²) in [6.45, 7) is 8.71. The first-order chi connectivity index (χ1) is 9.12. The van der Waals surface area contributed by atoms with Gasteiger partial charge in [0.2, 0.25) is 0 Å². The van der Waals surface area contributed by atoms with Crippen LogP contribution in [0.25, 0.3) is 5.57 Å². The van der Waals surface area contributed by atoms with Gasteiger partial charge in [-0.1, -0.05) is 39.7 Å². The third-order valence-corrected chi connectivity index (χ3v) is 3.56. The summed E-state index contributed by atoms with van der Waals surface area (Å²) in [5.74, 6) is 2.12. The lowest BCUT2D eigenvalue weighted by molar-refractivity contribution is 0.394. The highest BCUT2D eigenvalue weighted by atomic mass is 16.5. The summed E-state index contributed by atoms with van der Waals surface area (Å²) in [5, 5.41) is 0. The molecule has 2 heteroatoms. The summed E-state index contributed by atoms with van der Waals surface area (Å²) in [5.41, 5.74) is 2.27. The lowest BCUT2D eigenvalue weighted by Gasteiger charge is -2.16. The molecule has 106 valence electrons. The van der Waals surface area contributed by atoms with E-state index in [4.69, 9.17) is 9.47 Å². The van der Waals surface area contributed by atoms with Gasteiger partial charge in [-0.3, -0.25) is 0 Å². The van der Waals surface area contributed by atoms with E-state index < -0.39 is 0 Å². The van der Waals surface area contributed by atoms with Crippen molar-refractivity contribution in [3.05, 3.63) is 30.3 Å². The SMILES string of the molecule is C=C(c1cc(OC)cc(OC)c1)[C@H](C)CCCCC. The molecular weight excluding hydrogens is 236 g/mol. The number of hydrogen-bond donors (Lipinski definition) is 0. The largest absolute Gasteiger partial charge is 0.497 e. The summed E-state index contributed by atoms with van der Waals surface area (Å²) < 4.78 is 10.6. The Morgan fingerprint density at radius 3 is 2.16 bits per heavy atom. The molecule has 0 saturated heterocycles. The molecule has 19 heavy (non-hydrogen) atoms. The van der Waals surface area contributed by atoms with E-state index >= 15 is 0 Å². The lowest BCUT2D eigenvalue weighted by Crippen LogP contribution is -1.99. The third kappa shape index (κ3) is 4.62. The smallest absolute Gasteiger partial charge is 0.123 e. The van der Waals surface area contributed by atoms with Crippen LogP contribution in [0.1, 0.15) is 45.1 Å². The van der Waals surface area contributed by atoms with E-state index in [2.05, 4.69) is 20.4 Å². The molecule has 0 saturated carbocycles. The van der Waals surface area contributed by atoms with Crippen LogP contribution in [0.15, 0.2) is 24.8 Å². The average Bonchev–Trinajstić information content (AvgIpc) is 2.45. The predicted molar refractivity (Wildman–Crippen MR) is 81.9 cm³/mol. The zero-order chi connectivity index (χ0) is 14.3. The van der Waals surface area contributed by atoms with Crippen molar-refractivity contribution < 1.29 is 9.47 Å². The summed E-state index contributed by atoms with van der Waals surface area (Å²) >= 11 is 0. The zero-order valence-electron chi connectivity index (χ0n) is 12.7. The maximum absolute atomic E-state index is 5.30. The Labute approximate surface area is 117 Å². The highest BCUT2D eigenvalue weighted by Crippen LogP contribution is 2.31. The maximum atomic E-state index is 5.30. The van der Waals surface area contributed by atoms with Crippen molar-refractivity contribution in [1.82, 2.24) is 0 Å². The lowest BCUT2D eigenvalue weighted by atomic mass is 9.91. The fraction of sp³-hybridized carbons (Fsp3) is 0.529. The fourth-order valence-corrected chi connectivity index (χ4v) is 2.15. The van der Waals surface area contributed by atoms with Crippen LogP contribution < -0.4 is 9.47 Å². The molecule has 0 aromatic heterocycles. The Kier molecular flexibility index (Phi) is 6.48. The molecule has 2 nitrogen and oxygen atoms in total. The van der Waals surface area contributed by atoms with Gasteiger partial charge in [0.15, 0.2) is 0 Å². The molecule has 0 amide bonds. The van der Waals surface area contributed by atoms with Gasteiger partial charge in [0, 0.05) is 6.07 Å². The van der Waals surface area contributed by atoms with Gasteiger partial charge in [-0.15, -0.1) is 0 Å². The quantitative estimate of drug-likeness (QED) is 0.618. The number of unbranched alkanes of at least 4 members (excludes halogenated alkanes) is 2. The van der Waals surface area contributed by atoms with Crippen molar-refractivity contribution in [3.63, 3.8) is 0 Å². The molecule has 1 aromatic carbocycles. The molecule has 0 N–H and O–H groups in total. The van der Waals surface area contributed by atoms with E-state index in [0.717, 1.165) is 22.6 Å². The second-order valence-electron chi connectivity index (χ2n) is 5.02. The minimum atomic E-state index is 0.489. The Bertz CT molecular complexity index is 387. The predicted octanol–water partition coefficient (Wildman–Crippen LogP) is 4.93. The second-order valence-corrected chi connectivity index (χ2v) is 5.02. The Hall–Kier alpha value is -1.44. The molecule has 0 aliphatic carbocycles. The Morgan fingerprint density at radius 2 is 1.68 bits per heavy atom. The first-order valence-corrected chi connectivity index (χ1v) is 7.04. The minimum absolute atomic E-state index is 0.489. The highest BCUT2D eigenvalue weighted by Gasteiger charge is 2.11. The summed E-state index contributed by atoms with van der Waals surface area (Å²) in [6, 6.07) is 5.95. The number of rotatable bonds is 8. The van der Waals surface area contributed by atoms with Crippen LogP contribution in [0.5, 0.6) is 11.5 Å². The number of methoxy groups -OCH3 is 2. The highest BCUT2D eigenvalue weighted by molar-refractivity contribution is 5.67. The topological polar surface area (TPSA) is 18.5 Å². The Morgan fingerprint density at radius 1 is 1.11 bits per heavy atom. The van der Waals surface area contributed by atoms with Crippen molar-refractivity contribution >= 4 is 5.57 Å². The molecule has 0 aliphatic rings. The van der Waals surface area contributed by atoms with Gasteiger partial charge in [-0.2, -0.15) is 0 Å². The Balaban J connectivity index is 2.80. The van der Waals surface area contributed by atoms with Crippen LogP contribution >= 0.6 is 0 Å². The normalized spacial score (nSPS) is 12.0. The summed E-state index contributed by atoms with van der Waals surface area (Å²) in [7, 11) is 3.35. The van der Waals surface area contributed by atoms with Crippen molar-refractivity contribution in [1.29, 1.82) is 0 Å². The molecule has 0 spiro atoms. The van der Waals surface area contributed by atoms with Crippen molar-refractivity contribution in [2.75, 3.05) is 14.2 Å². The first kappa shape index (κ1) is 15.6. The molecule has 1 rings (SSSR count). The molecule has 0 aliphatic heterocycles. The third-order valence-electron chi connectivity index (χ3n) is 3.56. The van der Waals surface area contributed by atoms with Crippen LogP contribution in [-0.4, -0.2) is 14.2 Å². The molecular formula is C17H26O2. The molecule has 0 radical (unpaired) electrons. The maximum Gasteiger partial charge on any atom is 0.123 e. The molecule has 0 heterocycles. The monoisotopic (exact) mass is 262 g/mol. The van der Waals surface area contributed by atoms with Crippen LogP contribution in [0.4, 0.5) is 0 Å². The van der Waals surface area contributed by atoms with Crippen LogP contribution in [-0.2, 0) is 0 Å². The average molecular weight is 262 g/mol. The van der Waals surface area contributed by atoms with Gasteiger partial charge < -0.3 is 9.47 Å². The van der Waals surface area contributed by atoms with Crippen LogP contribution in [0.2, 0.25) is 0 Å². The minimum Gasteiger partial charge on any atom is -0.497 e. The van der Waals surface area contributed by atoms with Crippen molar-refractivity contribution in [3.8, 4) is 11.5 Å². The van der Waals surface area contributed by atoms with E-state index in [9.17, 15) is 0 Å². The zero-order valence-corrected chi connectivity index (χ0v) is 12.7. The second kappa shape index (κ2) is 7.88. The number of ether oxygens (including phenoxy) is 2.